The fourth-order valence-corrected chi connectivity index (χ4v) is 7.26. The number of esters is 1. The molecule has 0 radical (unpaired) electrons. The monoisotopic (exact) mass is 631 g/mol. The summed E-state index contributed by atoms with van der Waals surface area (Å²) in [6.45, 7) is 11.9. The van der Waals surface area contributed by atoms with Crippen molar-refractivity contribution in [2.75, 3.05) is 19.7 Å². The Kier molecular flexibility index (Phi) is 8.50. The molecule has 0 unspecified atom stereocenters. The second kappa shape index (κ2) is 12.2. The van der Waals surface area contributed by atoms with E-state index in [0.717, 1.165) is 80.3 Å². The number of nitrogens with one attached hydrogen (secondary N) is 1. The van der Waals surface area contributed by atoms with Crippen LogP contribution in [0.5, 0.6) is 0 Å². The van der Waals surface area contributed by atoms with E-state index in [1.54, 1.807) is 18.3 Å². The van der Waals surface area contributed by atoms with Gasteiger partial charge in [-0.3, -0.25) is 0 Å². The second-order valence-corrected chi connectivity index (χ2v) is 13.8. The summed E-state index contributed by atoms with van der Waals surface area (Å²) in [5, 5.41) is 4.86. The van der Waals surface area contributed by atoms with E-state index in [1.165, 1.54) is 5.56 Å². The fraction of sp³-hybridized carbons (Fsp3) is 0.412. The van der Waals surface area contributed by atoms with Crippen LogP contribution in [-0.4, -0.2) is 50.8 Å². The Labute approximate surface area is 266 Å². The summed E-state index contributed by atoms with van der Waals surface area (Å²) < 4.78 is 15.0. The largest absolute Gasteiger partial charge is 0.464 e. The van der Waals surface area contributed by atoms with Crippen LogP contribution in [0.25, 0.3) is 43.2 Å². The van der Waals surface area contributed by atoms with Crippen LogP contribution in [0.15, 0.2) is 42.7 Å². The van der Waals surface area contributed by atoms with Crippen LogP contribution in [0.3, 0.4) is 0 Å². The van der Waals surface area contributed by atoms with Gasteiger partial charge in [-0.25, -0.2) is 19.7 Å². The minimum Gasteiger partial charge on any atom is -0.464 e. The molecule has 0 amide bonds. The van der Waals surface area contributed by atoms with Gasteiger partial charge in [-0.05, 0) is 95.8 Å². The van der Waals surface area contributed by atoms with Crippen LogP contribution in [-0.2, 0) is 21.3 Å². The summed E-state index contributed by atoms with van der Waals surface area (Å²) in [5.41, 5.74) is 7.47. The Morgan fingerprint density at radius 3 is 2.59 bits per heavy atom. The molecule has 1 saturated heterocycles. The second-order valence-electron chi connectivity index (χ2n) is 12.4. The van der Waals surface area contributed by atoms with Crippen LogP contribution in [0.2, 0.25) is 5.02 Å². The quantitative estimate of drug-likeness (QED) is 0.184. The zero-order valence-corrected chi connectivity index (χ0v) is 27.6. The minimum atomic E-state index is -0.927. The maximum atomic E-state index is 13.5. The molecule has 0 spiro atoms. The third kappa shape index (κ3) is 5.98. The summed E-state index contributed by atoms with van der Waals surface area (Å²) in [6.07, 6.45) is 5.23. The molecule has 1 fully saturated rings. The Bertz CT molecular complexity index is 1830. The highest BCUT2D eigenvalue weighted by Gasteiger charge is 2.34. The van der Waals surface area contributed by atoms with E-state index in [9.17, 15) is 4.79 Å². The molecule has 1 N–H and O–H groups in total. The lowest BCUT2D eigenvalue weighted by Crippen LogP contribution is -2.29. The van der Waals surface area contributed by atoms with E-state index in [-0.39, 0.29) is 6.61 Å². The van der Waals surface area contributed by atoms with Crippen molar-refractivity contribution in [2.45, 2.75) is 65.1 Å². The summed E-state index contributed by atoms with van der Waals surface area (Å²) in [4.78, 5) is 28.5. The van der Waals surface area contributed by atoms with Gasteiger partial charge in [-0.15, -0.1) is 11.3 Å². The highest BCUT2D eigenvalue weighted by Crippen LogP contribution is 2.44. The fourth-order valence-electron chi connectivity index (χ4n) is 6.06. The Hall–Kier alpha value is -3.37. The topological polar surface area (TPSA) is 91.2 Å². The molecule has 2 aromatic carbocycles. The smallest absolute Gasteiger partial charge is 0.339 e. The van der Waals surface area contributed by atoms with Gasteiger partial charge in [0.05, 0.1) is 28.6 Å². The SMILES string of the molecule is CCOC(=O)[C@@H](OC(C)(C)C)c1c(C)cc2nc(-c3cnc4c(n3)c(C3CCNCC3)cn4C)sc2c1-c1ccc(Cl)cc1. The number of aromatic nitrogens is 4. The number of halogens is 1. The number of carbonyl (C=O) groups excluding carboxylic acids is 1. The van der Waals surface area contributed by atoms with Crippen LogP contribution >= 0.6 is 22.9 Å². The first kappa shape index (κ1) is 30.6. The lowest BCUT2D eigenvalue weighted by atomic mass is 9.91. The molecule has 8 nitrogen and oxygen atoms in total. The molecule has 5 aromatic rings. The van der Waals surface area contributed by atoms with Gasteiger partial charge in [0.2, 0.25) is 0 Å². The predicted octanol–water partition coefficient (Wildman–Crippen LogP) is 7.76. The van der Waals surface area contributed by atoms with E-state index in [1.807, 2.05) is 71.3 Å². The average Bonchev–Trinajstić information content (AvgIpc) is 3.56. The van der Waals surface area contributed by atoms with Crippen molar-refractivity contribution < 1.29 is 14.3 Å². The van der Waals surface area contributed by atoms with Gasteiger partial charge < -0.3 is 19.4 Å². The summed E-state index contributed by atoms with van der Waals surface area (Å²) in [5.74, 6) is 0.0277. The van der Waals surface area contributed by atoms with E-state index < -0.39 is 17.7 Å². The van der Waals surface area contributed by atoms with Crippen LogP contribution in [0.1, 0.15) is 69.2 Å². The molecular weight excluding hydrogens is 594 g/mol. The number of ether oxygens (including phenoxy) is 2. The number of piperidine rings is 1. The van der Waals surface area contributed by atoms with Gasteiger partial charge in [0.1, 0.15) is 16.2 Å². The first-order valence-electron chi connectivity index (χ1n) is 15.1. The van der Waals surface area contributed by atoms with Crippen LogP contribution in [0, 0.1) is 6.92 Å². The molecule has 230 valence electrons. The number of aryl methyl sites for hydroxylation is 2. The summed E-state index contributed by atoms with van der Waals surface area (Å²) >= 11 is 7.85. The van der Waals surface area contributed by atoms with Crippen molar-refractivity contribution in [3.05, 3.63) is 64.4 Å². The first-order valence-corrected chi connectivity index (χ1v) is 16.3. The number of hydrogen-bond donors (Lipinski definition) is 1. The molecule has 0 aliphatic carbocycles. The van der Waals surface area contributed by atoms with Gasteiger partial charge >= 0.3 is 5.97 Å². The van der Waals surface area contributed by atoms with Crippen molar-refractivity contribution in [3.8, 4) is 21.8 Å². The molecule has 44 heavy (non-hydrogen) atoms. The molecule has 1 aliphatic rings. The zero-order chi connectivity index (χ0) is 31.2. The number of benzene rings is 2. The maximum absolute atomic E-state index is 13.5. The molecule has 10 heteroatoms. The third-order valence-corrected chi connectivity index (χ3v) is 9.35. The number of carbonyl (C=O) groups is 1. The van der Waals surface area contributed by atoms with Crippen LogP contribution < -0.4 is 5.32 Å². The minimum absolute atomic E-state index is 0.255. The van der Waals surface area contributed by atoms with E-state index in [0.29, 0.717) is 10.9 Å². The molecule has 0 saturated carbocycles. The predicted molar refractivity (Wildman–Crippen MR) is 177 cm³/mol. The maximum Gasteiger partial charge on any atom is 0.339 e. The summed E-state index contributed by atoms with van der Waals surface area (Å²) in [7, 11) is 2.03. The van der Waals surface area contributed by atoms with Crippen molar-refractivity contribution in [3.63, 3.8) is 0 Å². The third-order valence-electron chi connectivity index (χ3n) is 7.99. The molecule has 0 bridgehead atoms. The van der Waals surface area contributed by atoms with Gasteiger partial charge in [0.15, 0.2) is 11.8 Å². The lowest BCUT2D eigenvalue weighted by molar-refractivity contribution is -0.166. The van der Waals surface area contributed by atoms with Crippen molar-refractivity contribution in [1.82, 2.24) is 24.8 Å². The van der Waals surface area contributed by atoms with Gasteiger partial charge in [-0.2, -0.15) is 0 Å². The van der Waals surface area contributed by atoms with Gasteiger partial charge in [0.25, 0.3) is 0 Å². The van der Waals surface area contributed by atoms with Gasteiger partial charge in [-0.1, -0.05) is 23.7 Å². The van der Waals surface area contributed by atoms with E-state index in [4.69, 9.17) is 36.0 Å². The molecule has 3 aromatic heterocycles. The van der Waals surface area contributed by atoms with Crippen molar-refractivity contribution in [1.29, 1.82) is 0 Å². The number of fused-ring (bicyclic) bond motifs is 2. The molecule has 1 atom stereocenters. The normalized spacial score (nSPS) is 15.2. The number of hydrogen-bond acceptors (Lipinski definition) is 8. The lowest BCUT2D eigenvalue weighted by Gasteiger charge is -2.29. The summed E-state index contributed by atoms with van der Waals surface area (Å²) in [6, 6.07) is 9.69. The standard InChI is InChI=1S/C34H38ClN5O3S/c1-7-42-33(41)29(43-34(3,4)5)26-19(2)16-24-30(27(26)21-8-10-22(35)11-9-21)44-32(39-24)25-17-37-31-28(38-25)23(18-40(31)6)20-12-14-36-15-13-20/h8-11,16-18,20,29,36H,7,12-15H2,1-6H3/t29-/m0/s1. The first-order chi connectivity index (χ1) is 21.0. The van der Waals surface area contributed by atoms with Crippen molar-refractivity contribution >= 4 is 50.3 Å². The molecule has 6 rings (SSSR count). The number of nitrogens with zero attached hydrogens (tertiary/aromatic N) is 4. The van der Waals surface area contributed by atoms with Gasteiger partial charge in [0, 0.05) is 35.0 Å². The molecule has 4 heterocycles. The molecular formula is C34H38ClN5O3S. The number of thiazole rings is 1. The highest BCUT2D eigenvalue weighted by atomic mass is 35.5. The number of rotatable bonds is 7. The van der Waals surface area contributed by atoms with E-state index >= 15 is 0 Å². The molecule has 1 aliphatic heterocycles. The highest BCUT2D eigenvalue weighted by molar-refractivity contribution is 7.22. The van der Waals surface area contributed by atoms with E-state index in [2.05, 4.69) is 16.1 Å². The van der Waals surface area contributed by atoms with Crippen molar-refractivity contribution in [2.24, 2.45) is 7.05 Å². The Morgan fingerprint density at radius 1 is 1.18 bits per heavy atom. The zero-order valence-electron chi connectivity index (χ0n) is 26.0. The average molecular weight is 632 g/mol. The van der Waals surface area contributed by atoms with Crippen LogP contribution in [0.4, 0.5) is 0 Å². The Morgan fingerprint density at radius 2 is 1.91 bits per heavy atom. The Balaban J connectivity index is 1.55.